The quantitative estimate of drug-likeness (QED) is 0.650. The zero-order chi connectivity index (χ0) is 16.2. The molecule has 0 aliphatic heterocycles. The molecule has 0 spiro atoms. The minimum absolute atomic E-state index is 0.874. The summed E-state index contributed by atoms with van der Waals surface area (Å²) in [6.45, 7) is 6.39. The Bertz CT molecular complexity index is 799. The van der Waals surface area contributed by atoms with Gasteiger partial charge in [0, 0.05) is 23.7 Å². The van der Waals surface area contributed by atoms with Gasteiger partial charge < -0.3 is 0 Å². The van der Waals surface area contributed by atoms with E-state index in [1.807, 2.05) is 30.6 Å². The molecule has 0 radical (unpaired) electrons. The van der Waals surface area contributed by atoms with Crippen LogP contribution in [0.5, 0.6) is 0 Å². The molecule has 3 aromatic rings. The molecular weight excluding hydrogens is 302 g/mol. The van der Waals surface area contributed by atoms with Crippen LogP contribution in [0.2, 0.25) is 0 Å². The summed E-state index contributed by atoms with van der Waals surface area (Å²) in [4.78, 5) is 4.03. The van der Waals surface area contributed by atoms with Crippen LogP contribution < -0.4 is 0 Å². The van der Waals surface area contributed by atoms with Crippen LogP contribution in [-0.2, 0) is 5.75 Å². The number of nitrogens with zero attached hydrogens (tertiary/aromatic N) is 3. The van der Waals surface area contributed by atoms with Crippen LogP contribution in [-0.4, -0.2) is 15.2 Å². The molecule has 1 aromatic carbocycles. The summed E-state index contributed by atoms with van der Waals surface area (Å²) in [5.41, 5.74) is 7.15. The molecule has 23 heavy (non-hydrogen) atoms. The average Bonchev–Trinajstić information content (AvgIpc) is 2.58. The molecule has 0 saturated carbocycles. The predicted octanol–water partition coefficient (Wildman–Crippen LogP) is 4.76. The Morgan fingerprint density at radius 1 is 0.826 bits per heavy atom. The van der Waals surface area contributed by atoms with Gasteiger partial charge in [0.1, 0.15) is 5.03 Å². The smallest absolute Gasteiger partial charge is 0.119 e. The number of rotatable bonds is 4. The number of aromatic nitrogens is 3. The second-order valence-corrected chi connectivity index (χ2v) is 6.65. The first-order chi connectivity index (χ1) is 11.1. The first kappa shape index (κ1) is 15.7. The number of thioether (sulfide) groups is 1. The fourth-order valence-electron chi connectivity index (χ4n) is 2.41. The topological polar surface area (TPSA) is 38.7 Å². The molecule has 2 aromatic heterocycles. The van der Waals surface area contributed by atoms with E-state index in [1.165, 1.54) is 22.3 Å². The van der Waals surface area contributed by atoms with Crippen molar-refractivity contribution in [2.45, 2.75) is 31.6 Å². The van der Waals surface area contributed by atoms with E-state index in [9.17, 15) is 0 Å². The average molecular weight is 321 g/mol. The largest absolute Gasteiger partial charge is 0.265 e. The predicted molar refractivity (Wildman–Crippen MR) is 95.5 cm³/mol. The Hall–Kier alpha value is -2.20. The summed E-state index contributed by atoms with van der Waals surface area (Å²) in [5, 5.41) is 9.71. The lowest BCUT2D eigenvalue weighted by molar-refractivity contribution is 0.934. The zero-order valence-electron chi connectivity index (χ0n) is 13.6. The van der Waals surface area contributed by atoms with Gasteiger partial charge in [-0.3, -0.25) is 4.98 Å². The minimum Gasteiger partial charge on any atom is -0.265 e. The maximum Gasteiger partial charge on any atom is 0.119 e. The van der Waals surface area contributed by atoms with Crippen molar-refractivity contribution in [3.8, 4) is 11.3 Å². The van der Waals surface area contributed by atoms with E-state index >= 15 is 0 Å². The molecule has 0 N–H and O–H groups in total. The van der Waals surface area contributed by atoms with Crippen molar-refractivity contribution >= 4 is 11.8 Å². The van der Waals surface area contributed by atoms with Crippen LogP contribution in [0.1, 0.15) is 22.3 Å². The van der Waals surface area contributed by atoms with Crippen LogP contribution in [0.15, 0.2) is 53.8 Å². The summed E-state index contributed by atoms with van der Waals surface area (Å²) in [7, 11) is 0. The summed E-state index contributed by atoms with van der Waals surface area (Å²) < 4.78 is 0. The fraction of sp³-hybridized carbons (Fsp3) is 0.211. The van der Waals surface area contributed by atoms with E-state index in [1.54, 1.807) is 11.8 Å². The maximum atomic E-state index is 4.41. The summed E-state index contributed by atoms with van der Waals surface area (Å²) in [5.74, 6) is 0.874. The second-order valence-electron chi connectivity index (χ2n) is 5.65. The van der Waals surface area contributed by atoms with Gasteiger partial charge in [0.05, 0.1) is 5.69 Å². The fourth-order valence-corrected chi connectivity index (χ4v) is 3.18. The SMILES string of the molecule is Cc1cc(C)c(-c2ccc(SCc3ccncc3)nn2)cc1C. The molecule has 0 bridgehead atoms. The summed E-state index contributed by atoms with van der Waals surface area (Å²) >= 11 is 1.69. The highest BCUT2D eigenvalue weighted by molar-refractivity contribution is 7.98. The Morgan fingerprint density at radius 2 is 1.57 bits per heavy atom. The lowest BCUT2D eigenvalue weighted by Crippen LogP contribution is -1.94. The van der Waals surface area contributed by atoms with E-state index in [-0.39, 0.29) is 0 Å². The van der Waals surface area contributed by atoms with Crippen molar-refractivity contribution in [2.75, 3.05) is 0 Å². The normalized spacial score (nSPS) is 10.7. The number of aryl methyl sites for hydroxylation is 3. The molecule has 0 fully saturated rings. The highest BCUT2D eigenvalue weighted by Crippen LogP contribution is 2.26. The number of benzene rings is 1. The van der Waals surface area contributed by atoms with Gasteiger partial charge in [-0.25, -0.2) is 0 Å². The second kappa shape index (κ2) is 6.92. The maximum absolute atomic E-state index is 4.41. The number of pyridine rings is 1. The van der Waals surface area contributed by atoms with Crippen molar-refractivity contribution in [1.29, 1.82) is 0 Å². The van der Waals surface area contributed by atoms with Gasteiger partial charge in [-0.15, -0.1) is 10.2 Å². The molecule has 3 nitrogen and oxygen atoms in total. The molecule has 3 rings (SSSR count). The van der Waals surface area contributed by atoms with Crippen molar-refractivity contribution < 1.29 is 0 Å². The Morgan fingerprint density at radius 3 is 2.26 bits per heavy atom. The van der Waals surface area contributed by atoms with E-state index in [2.05, 4.69) is 54.2 Å². The molecular formula is C19H19N3S. The first-order valence-corrected chi connectivity index (χ1v) is 8.55. The van der Waals surface area contributed by atoms with Crippen molar-refractivity contribution in [2.24, 2.45) is 0 Å². The van der Waals surface area contributed by atoms with Crippen LogP contribution in [0.4, 0.5) is 0 Å². The van der Waals surface area contributed by atoms with E-state index in [0.29, 0.717) is 0 Å². The van der Waals surface area contributed by atoms with Crippen LogP contribution >= 0.6 is 11.8 Å². The molecule has 0 unspecified atom stereocenters. The third-order valence-corrected chi connectivity index (χ3v) is 4.88. The van der Waals surface area contributed by atoms with Crippen LogP contribution in [0.3, 0.4) is 0 Å². The van der Waals surface area contributed by atoms with E-state index in [0.717, 1.165) is 22.0 Å². The third kappa shape index (κ3) is 3.77. The van der Waals surface area contributed by atoms with Gasteiger partial charge in [0.25, 0.3) is 0 Å². The number of hydrogen-bond donors (Lipinski definition) is 0. The van der Waals surface area contributed by atoms with Crippen LogP contribution in [0, 0.1) is 20.8 Å². The van der Waals surface area contributed by atoms with Crippen molar-refractivity contribution in [3.05, 3.63) is 71.0 Å². The Kier molecular flexibility index (Phi) is 4.72. The monoisotopic (exact) mass is 321 g/mol. The van der Waals surface area contributed by atoms with Gasteiger partial charge >= 0.3 is 0 Å². The molecule has 0 aliphatic rings. The summed E-state index contributed by atoms with van der Waals surface area (Å²) in [6.07, 6.45) is 3.63. The highest BCUT2D eigenvalue weighted by atomic mass is 32.2. The van der Waals surface area contributed by atoms with Crippen LogP contribution in [0.25, 0.3) is 11.3 Å². The van der Waals surface area contributed by atoms with E-state index in [4.69, 9.17) is 0 Å². The van der Waals surface area contributed by atoms with Gasteiger partial charge in [0.15, 0.2) is 0 Å². The van der Waals surface area contributed by atoms with Crippen molar-refractivity contribution in [1.82, 2.24) is 15.2 Å². The minimum atomic E-state index is 0.874. The van der Waals surface area contributed by atoms with E-state index < -0.39 is 0 Å². The number of hydrogen-bond acceptors (Lipinski definition) is 4. The molecule has 0 saturated heterocycles. The first-order valence-electron chi connectivity index (χ1n) is 7.57. The molecule has 0 aliphatic carbocycles. The Labute approximate surface area is 141 Å². The molecule has 2 heterocycles. The lowest BCUT2D eigenvalue weighted by Gasteiger charge is -2.09. The Balaban J connectivity index is 1.76. The molecule has 0 atom stereocenters. The standard InChI is InChI=1S/C19H19N3S/c1-13-10-15(3)17(11-14(13)2)18-4-5-19(22-21-18)23-12-16-6-8-20-9-7-16/h4-11H,12H2,1-3H3. The highest BCUT2D eigenvalue weighted by Gasteiger charge is 2.07. The van der Waals surface area contributed by atoms with Gasteiger partial charge in [-0.05, 0) is 73.4 Å². The zero-order valence-corrected chi connectivity index (χ0v) is 14.4. The van der Waals surface area contributed by atoms with Gasteiger partial charge in [0.2, 0.25) is 0 Å². The van der Waals surface area contributed by atoms with Crippen molar-refractivity contribution in [3.63, 3.8) is 0 Å². The molecule has 116 valence electrons. The molecule has 4 heteroatoms. The molecule has 0 amide bonds. The lowest BCUT2D eigenvalue weighted by atomic mass is 9.99. The third-order valence-electron chi connectivity index (χ3n) is 3.89. The van der Waals surface area contributed by atoms with Gasteiger partial charge in [-0.2, -0.15) is 0 Å². The van der Waals surface area contributed by atoms with Gasteiger partial charge in [-0.1, -0.05) is 17.8 Å². The summed E-state index contributed by atoms with van der Waals surface area (Å²) in [6, 6.07) is 12.5.